The van der Waals surface area contributed by atoms with Gasteiger partial charge in [0.25, 0.3) is 0 Å². The molecule has 0 amide bonds. The van der Waals surface area contributed by atoms with Gasteiger partial charge < -0.3 is 5.32 Å². The fraction of sp³-hybridized carbons (Fsp3) is 1.00. The SMILES string of the molecule is CC1CC(C(C)(C)C)CCN1.Cl. The summed E-state index contributed by atoms with van der Waals surface area (Å²) in [6.07, 6.45) is 2.71. The maximum absolute atomic E-state index is 3.48. The molecule has 0 spiro atoms. The van der Waals surface area contributed by atoms with E-state index in [-0.39, 0.29) is 12.4 Å². The van der Waals surface area contributed by atoms with E-state index in [9.17, 15) is 0 Å². The van der Waals surface area contributed by atoms with Gasteiger partial charge in [-0.25, -0.2) is 0 Å². The first kappa shape index (κ1) is 12.2. The normalized spacial score (nSPS) is 31.0. The minimum Gasteiger partial charge on any atom is -0.314 e. The molecule has 1 N–H and O–H groups in total. The van der Waals surface area contributed by atoms with E-state index < -0.39 is 0 Å². The molecule has 0 aromatic carbocycles. The molecule has 1 fully saturated rings. The Hall–Kier alpha value is 0.250. The maximum atomic E-state index is 3.48. The van der Waals surface area contributed by atoms with Gasteiger partial charge in [0.2, 0.25) is 0 Å². The molecule has 1 rings (SSSR count). The van der Waals surface area contributed by atoms with Crippen LogP contribution in [0.15, 0.2) is 0 Å². The summed E-state index contributed by atoms with van der Waals surface area (Å²) in [4.78, 5) is 0. The summed E-state index contributed by atoms with van der Waals surface area (Å²) in [5.74, 6) is 0.916. The lowest BCUT2D eigenvalue weighted by molar-refractivity contribution is 0.165. The van der Waals surface area contributed by atoms with Crippen molar-refractivity contribution in [3.8, 4) is 0 Å². The van der Waals surface area contributed by atoms with Gasteiger partial charge in [0.1, 0.15) is 0 Å². The lowest BCUT2D eigenvalue weighted by atomic mass is 9.74. The van der Waals surface area contributed by atoms with E-state index in [2.05, 4.69) is 33.0 Å². The molecule has 74 valence electrons. The number of hydrogen-bond donors (Lipinski definition) is 1. The Labute approximate surface area is 82.7 Å². The third kappa shape index (κ3) is 3.32. The predicted octanol–water partition coefficient (Wildman–Crippen LogP) is 2.84. The summed E-state index contributed by atoms with van der Waals surface area (Å²) in [7, 11) is 0. The summed E-state index contributed by atoms with van der Waals surface area (Å²) < 4.78 is 0. The highest BCUT2D eigenvalue weighted by atomic mass is 35.5. The van der Waals surface area contributed by atoms with E-state index in [4.69, 9.17) is 0 Å². The lowest BCUT2D eigenvalue weighted by Gasteiger charge is -2.37. The summed E-state index contributed by atoms with van der Waals surface area (Å²) in [5, 5.41) is 3.48. The third-order valence-electron chi connectivity index (χ3n) is 2.85. The minimum absolute atomic E-state index is 0. The molecule has 0 saturated carbocycles. The molecule has 2 unspecified atom stereocenters. The molecule has 1 aliphatic heterocycles. The first-order valence-corrected chi connectivity index (χ1v) is 4.73. The number of piperidine rings is 1. The smallest absolute Gasteiger partial charge is 0.00415 e. The fourth-order valence-electron chi connectivity index (χ4n) is 1.92. The van der Waals surface area contributed by atoms with Gasteiger partial charge in [0, 0.05) is 6.04 Å². The van der Waals surface area contributed by atoms with Crippen molar-refractivity contribution in [3.63, 3.8) is 0 Å². The first-order valence-electron chi connectivity index (χ1n) is 4.73. The van der Waals surface area contributed by atoms with Crippen LogP contribution in [0.4, 0.5) is 0 Å². The third-order valence-corrected chi connectivity index (χ3v) is 2.85. The van der Waals surface area contributed by atoms with Gasteiger partial charge in [-0.15, -0.1) is 12.4 Å². The molecular weight excluding hydrogens is 170 g/mol. The molecule has 1 saturated heterocycles. The second-order valence-electron chi connectivity index (χ2n) is 4.94. The zero-order chi connectivity index (χ0) is 8.48. The number of rotatable bonds is 0. The fourth-order valence-corrected chi connectivity index (χ4v) is 1.92. The highest BCUT2D eigenvalue weighted by molar-refractivity contribution is 5.85. The number of halogens is 1. The predicted molar refractivity (Wildman–Crippen MR) is 56.9 cm³/mol. The van der Waals surface area contributed by atoms with Gasteiger partial charge in [0.05, 0.1) is 0 Å². The molecule has 0 radical (unpaired) electrons. The Morgan fingerprint density at radius 2 is 1.83 bits per heavy atom. The Kier molecular flexibility index (Phi) is 4.57. The van der Waals surface area contributed by atoms with Gasteiger partial charge >= 0.3 is 0 Å². The summed E-state index contributed by atoms with van der Waals surface area (Å²) >= 11 is 0. The largest absolute Gasteiger partial charge is 0.314 e. The average Bonchev–Trinajstić information content (AvgIpc) is 1.86. The van der Waals surface area contributed by atoms with E-state index in [1.165, 1.54) is 19.4 Å². The highest BCUT2D eigenvalue weighted by Crippen LogP contribution is 2.33. The molecule has 12 heavy (non-hydrogen) atoms. The van der Waals surface area contributed by atoms with Crippen molar-refractivity contribution in [2.75, 3.05) is 6.54 Å². The number of hydrogen-bond acceptors (Lipinski definition) is 1. The van der Waals surface area contributed by atoms with E-state index in [1.807, 2.05) is 0 Å². The molecule has 2 heteroatoms. The van der Waals surface area contributed by atoms with E-state index in [1.54, 1.807) is 0 Å². The molecule has 0 bridgehead atoms. The van der Waals surface area contributed by atoms with Crippen LogP contribution in [0.2, 0.25) is 0 Å². The van der Waals surface area contributed by atoms with E-state index in [0.29, 0.717) is 5.41 Å². The standard InChI is InChI=1S/C10H21N.ClH/c1-8-7-9(5-6-11-8)10(2,3)4;/h8-9,11H,5-7H2,1-4H3;1H. The van der Waals surface area contributed by atoms with Gasteiger partial charge in [-0.05, 0) is 37.6 Å². The van der Waals surface area contributed by atoms with Crippen molar-refractivity contribution in [2.45, 2.75) is 46.6 Å². The van der Waals surface area contributed by atoms with Crippen LogP contribution in [0, 0.1) is 11.3 Å². The quantitative estimate of drug-likeness (QED) is 0.621. The van der Waals surface area contributed by atoms with Gasteiger partial charge in [-0.1, -0.05) is 20.8 Å². The van der Waals surface area contributed by atoms with Crippen LogP contribution >= 0.6 is 12.4 Å². The summed E-state index contributed by atoms with van der Waals surface area (Å²) in [5.41, 5.74) is 0.510. The summed E-state index contributed by atoms with van der Waals surface area (Å²) in [6, 6.07) is 0.730. The van der Waals surface area contributed by atoms with Crippen LogP contribution in [-0.4, -0.2) is 12.6 Å². The molecule has 0 aromatic rings. The molecule has 1 heterocycles. The second kappa shape index (κ2) is 4.48. The Bertz CT molecular complexity index is 128. The highest BCUT2D eigenvalue weighted by Gasteiger charge is 2.28. The van der Waals surface area contributed by atoms with Crippen LogP contribution in [0.1, 0.15) is 40.5 Å². The van der Waals surface area contributed by atoms with Gasteiger partial charge in [0.15, 0.2) is 0 Å². The lowest BCUT2D eigenvalue weighted by Crippen LogP contribution is -2.40. The molecule has 0 aromatic heterocycles. The summed E-state index contributed by atoms with van der Waals surface area (Å²) in [6.45, 7) is 10.6. The van der Waals surface area contributed by atoms with Crippen molar-refractivity contribution in [2.24, 2.45) is 11.3 Å². The number of nitrogens with one attached hydrogen (secondary N) is 1. The van der Waals surface area contributed by atoms with Crippen molar-refractivity contribution in [1.29, 1.82) is 0 Å². The van der Waals surface area contributed by atoms with E-state index >= 15 is 0 Å². The molecule has 1 aliphatic rings. The molecule has 2 atom stereocenters. The zero-order valence-corrected chi connectivity index (χ0v) is 9.50. The Morgan fingerprint density at radius 1 is 1.25 bits per heavy atom. The van der Waals surface area contributed by atoms with Crippen LogP contribution in [-0.2, 0) is 0 Å². The average molecular weight is 192 g/mol. The zero-order valence-electron chi connectivity index (χ0n) is 8.68. The second-order valence-corrected chi connectivity index (χ2v) is 4.94. The van der Waals surface area contributed by atoms with Crippen molar-refractivity contribution >= 4 is 12.4 Å². The Morgan fingerprint density at radius 3 is 2.17 bits per heavy atom. The molecule has 0 aliphatic carbocycles. The van der Waals surface area contributed by atoms with Crippen molar-refractivity contribution in [1.82, 2.24) is 5.32 Å². The first-order chi connectivity index (χ1) is 5.00. The van der Waals surface area contributed by atoms with Crippen LogP contribution in [0.5, 0.6) is 0 Å². The van der Waals surface area contributed by atoms with E-state index in [0.717, 1.165) is 12.0 Å². The van der Waals surface area contributed by atoms with Crippen molar-refractivity contribution in [3.05, 3.63) is 0 Å². The molecular formula is C10H22ClN. The van der Waals surface area contributed by atoms with Crippen molar-refractivity contribution < 1.29 is 0 Å². The maximum Gasteiger partial charge on any atom is 0.00415 e. The van der Waals surface area contributed by atoms with Gasteiger partial charge in [-0.3, -0.25) is 0 Å². The van der Waals surface area contributed by atoms with Crippen LogP contribution in [0.3, 0.4) is 0 Å². The Balaban J connectivity index is 0.00000121. The monoisotopic (exact) mass is 191 g/mol. The van der Waals surface area contributed by atoms with Gasteiger partial charge in [-0.2, -0.15) is 0 Å². The topological polar surface area (TPSA) is 12.0 Å². The van der Waals surface area contributed by atoms with Crippen LogP contribution < -0.4 is 5.32 Å². The molecule has 1 nitrogen and oxygen atoms in total. The van der Waals surface area contributed by atoms with Crippen LogP contribution in [0.25, 0.3) is 0 Å². The minimum atomic E-state index is 0.